The minimum atomic E-state index is -4.09. The van der Waals surface area contributed by atoms with Crippen molar-refractivity contribution in [3.63, 3.8) is 0 Å². The molecule has 0 bridgehead atoms. The Kier molecular flexibility index (Phi) is 4.72. The lowest BCUT2D eigenvalue weighted by molar-refractivity contribution is 0.570. The molecule has 0 saturated carbocycles. The van der Waals surface area contributed by atoms with E-state index >= 15 is 0 Å². The van der Waals surface area contributed by atoms with E-state index in [-0.39, 0.29) is 16.9 Å². The summed E-state index contributed by atoms with van der Waals surface area (Å²) in [4.78, 5) is 3.31. The molecular weight excluding hydrogens is 363 g/mol. The number of thiazole rings is 1. The van der Waals surface area contributed by atoms with Crippen molar-refractivity contribution in [2.45, 2.75) is 17.4 Å². The molecule has 1 atom stereocenters. The molecule has 1 fully saturated rings. The molecule has 1 aliphatic heterocycles. The number of anilines is 2. The van der Waals surface area contributed by atoms with E-state index in [0.717, 1.165) is 31.6 Å². The van der Waals surface area contributed by atoms with E-state index in [9.17, 15) is 12.8 Å². The van der Waals surface area contributed by atoms with Crippen LogP contribution in [0.15, 0.2) is 27.9 Å². The van der Waals surface area contributed by atoms with E-state index in [2.05, 4.69) is 20.3 Å². The molecule has 6 nitrogen and oxygen atoms in total. The molecule has 1 aliphatic rings. The molecule has 23 heavy (non-hydrogen) atoms. The van der Waals surface area contributed by atoms with Gasteiger partial charge in [0.1, 0.15) is 10.7 Å². The van der Waals surface area contributed by atoms with Crippen LogP contribution in [0.5, 0.6) is 0 Å². The number of sulfonamides is 1. The molecule has 0 radical (unpaired) electrons. The Balaban J connectivity index is 1.86. The van der Waals surface area contributed by atoms with Crippen molar-refractivity contribution >= 4 is 44.5 Å². The molecule has 0 spiro atoms. The topological polar surface area (TPSA) is 83.1 Å². The molecule has 124 valence electrons. The lowest BCUT2D eigenvalue weighted by Crippen LogP contribution is -2.22. The van der Waals surface area contributed by atoms with Crippen LogP contribution in [-0.4, -0.2) is 32.5 Å². The number of nitrogens with one attached hydrogen (secondary N) is 3. The number of benzene rings is 1. The molecule has 3 N–H and O–H groups in total. The first-order valence-electron chi connectivity index (χ1n) is 6.83. The van der Waals surface area contributed by atoms with E-state index in [1.54, 1.807) is 0 Å². The number of hydrogen-bond donors (Lipinski definition) is 3. The van der Waals surface area contributed by atoms with E-state index < -0.39 is 20.7 Å². The van der Waals surface area contributed by atoms with Gasteiger partial charge < -0.3 is 10.6 Å². The zero-order chi connectivity index (χ0) is 16.4. The minimum absolute atomic E-state index is 0.141. The molecule has 0 aliphatic carbocycles. The quantitative estimate of drug-likeness (QED) is 0.746. The van der Waals surface area contributed by atoms with Crippen LogP contribution in [0.3, 0.4) is 0 Å². The van der Waals surface area contributed by atoms with Crippen LogP contribution in [-0.2, 0) is 10.0 Å². The van der Waals surface area contributed by atoms with Crippen LogP contribution in [0.4, 0.5) is 15.9 Å². The van der Waals surface area contributed by atoms with Crippen molar-refractivity contribution in [1.29, 1.82) is 0 Å². The second-order valence-corrected chi connectivity index (χ2v) is 7.85. The van der Waals surface area contributed by atoms with Gasteiger partial charge in [0.05, 0.1) is 16.2 Å². The fourth-order valence-electron chi connectivity index (χ4n) is 2.30. The summed E-state index contributed by atoms with van der Waals surface area (Å²) in [7, 11) is -4.09. The molecule has 2 heterocycles. The Bertz CT molecular complexity index is 793. The highest BCUT2D eigenvalue weighted by atomic mass is 35.5. The van der Waals surface area contributed by atoms with Gasteiger partial charge in [-0.25, -0.2) is 17.8 Å². The van der Waals surface area contributed by atoms with Gasteiger partial charge in [0.2, 0.25) is 0 Å². The lowest BCUT2D eigenvalue weighted by Gasteiger charge is -2.16. The van der Waals surface area contributed by atoms with Gasteiger partial charge in [0, 0.05) is 18.0 Å². The molecule has 2 aromatic rings. The predicted molar refractivity (Wildman–Crippen MR) is 89.2 cm³/mol. The number of halogens is 2. The molecule has 1 aromatic heterocycles. The molecule has 0 amide bonds. The number of nitrogens with zero attached hydrogens (tertiary/aromatic N) is 1. The Labute approximate surface area is 142 Å². The van der Waals surface area contributed by atoms with Crippen LogP contribution < -0.4 is 15.4 Å². The van der Waals surface area contributed by atoms with Gasteiger partial charge in [-0.1, -0.05) is 11.6 Å². The van der Waals surface area contributed by atoms with E-state index in [1.807, 2.05) is 0 Å². The number of hydrogen-bond acceptors (Lipinski definition) is 6. The van der Waals surface area contributed by atoms with Gasteiger partial charge in [-0.2, -0.15) is 0 Å². The average Bonchev–Trinajstić information content (AvgIpc) is 3.15. The minimum Gasteiger partial charge on any atom is -0.380 e. The highest BCUT2D eigenvalue weighted by Gasteiger charge is 2.23. The van der Waals surface area contributed by atoms with Gasteiger partial charge in [0.25, 0.3) is 10.0 Å². The first kappa shape index (κ1) is 16.4. The van der Waals surface area contributed by atoms with Crippen molar-refractivity contribution in [3.8, 4) is 0 Å². The third kappa shape index (κ3) is 3.74. The highest BCUT2D eigenvalue weighted by Crippen LogP contribution is 2.30. The largest absolute Gasteiger partial charge is 0.380 e. The third-order valence-electron chi connectivity index (χ3n) is 3.40. The van der Waals surface area contributed by atoms with Crippen LogP contribution in [0.2, 0.25) is 5.02 Å². The van der Waals surface area contributed by atoms with Gasteiger partial charge in [-0.15, -0.1) is 11.3 Å². The molecular formula is C13H14ClFN4O2S2. The maximum Gasteiger partial charge on any atom is 0.266 e. The van der Waals surface area contributed by atoms with Crippen LogP contribution in [0, 0.1) is 5.82 Å². The summed E-state index contributed by atoms with van der Waals surface area (Å²) >= 11 is 7.34. The molecule has 1 saturated heterocycles. The van der Waals surface area contributed by atoms with Gasteiger partial charge in [-0.05, 0) is 25.1 Å². The Morgan fingerprint density at radius 1 is 1.43 bits per heavy atom. The predicted octanol–water partition coefficient (Wildman–Crippen LogP) is 2.51. The summed E-state index contributed by atoms with van der Waals surface area (Å²) in [5.41, 5.74) is 1.86. The number of aromatic nitrogens is 1. The van der Waals surface area contributed by atoms with Gasteiger partial charge >= 0.3 is 0 Å². The maximum absolute atomic E-state index is 14.3. The first-order valence-corrected chi connectivity index (χ1v) is 9.63. The maximum atomic E-state index is 14.3. The van der Waals surface area contributed by atoms with Crippen LogP contribution >= 0.6 is 22.9 Å². The van der Waals surface area contributed by atoms with Crippen molar-refractivity contribution in [2.24, 2.45) is 0 Å². The zero-order valence-corrected chi connectivity index (χ0v) is 14.2. The van der Waals surface area contributed by atoms with Crippen LogP contribution in [0.1, 0.15) is 6.42 Å². The Hall–Kier alpha value is -1.42. The van der Waals surface area contributed by atoms with Crippen molar-refractivity contribution in [3.05, 3.63) is 33.9 Å². The Morgan fingerprint density at radius 2 is 2.26 bits per heavy atom. The van der Waals surface area contributed by atoms with Gasteiger partial charge in [0.15, 0.2) is 5.82 Å². The van der Waals surface area contributed by atoms with E-state index in [1.165, 1.54) is 22.2 Å². The lowest BCUT2D eigenvalue weighted by atomic mass is 10.2. The summed E-state index contributed by atoms with van der Waals surface area (Å²) < 4.78 is 41.0. The first-order chi connectivity index (χ1) is 11.0. The van der Waals surface area contributed by atoms with Crippen molar-refractivity contribution in [2.75, 3.05) is 23.1 Å². The summed E-state index contributed by atoms with van der Waals surface area (Å²) in [5.74, 6) is -0.727. The molecule has 1 unspecified atom stereocenters. The average molecular weight is 377 g/mol. The monoisotopic (exact) mass is 376 g/mol. The second kappa shape index (κ2) is 6.60. The Morgan fingerprint density at radius 3 is 2.91 bits per heavy atom. The summed E-state index contributed by atoms with van der Waals surface area (Å²) in [6.45, 7) is 1.63. The fraction of sp³-hybridized carbons (Fsp3) is 0.308. The van der Waals surface area contributed by atoms with Crippen molar-refractivity contribution in [1.82, 2.24) is 10.3 Å². The third-order valence-corrected chi connectivity index (χ3v) is 5.67. The summed E-state index contributed by atoms with van der Waals surface area (Å²) in [5, 5.41) is 7.95. The summed E-state index contributed by atoms with van der Waals surface area (Å²) in [6, 6.07) is 2.36. The standard InChI is InChI=1S/C13H14ClFN4O2S2/c14-9-3-12(23(20,21)19-13-6-22-7-17-13)10(15)4-11(9)18-8-1-2-16-5-8/h3-4,6-8,16,18-19H,1-2,5H2. The second-order valence-electron chi connectivity index (χ2n) is 5.08. The van der Waals surface area contributed by atoms with E-state index in [4.69, 9.17) is 11.6 Å². The molecule has 10 heteroatoms. The number of rotatable bonds is 5. The van der Waals surface area contributed by atoms with Gasteiger partial charge in [-0.3, -0.25) is 4.72 Å². The normalized spacial score (nSPS) is 18.1. The van der Waals surface area contributed by atoms with E-state index in [0.29, 0.717) is 5.69 Å². The van der Waals surface area contributed by atoms with Crippen molar-refractivity contribution < 1.29 is 12.8 Å². The summed E-state index contributed by atoms with van der Waals surface area (Å²) in [6.07, 6.45) is 0.892. The molecule has 1 aromatic carbocycles. The van der Waals surface area contributed by atoms with Crippen LogP contribution in [0.25, 0.3) is 0 Å². The molecule has 3 rings (SSSR count). The highest BCUT2D eigenvalue weighted by molar-refractivity contribution is 7.92. The zero-order valence-electron chi connectivity index (χ0n) is 11.8. The smallest absolute Gasteiger partial charge is 0.266 e. The SMILES string of the molecule is O=S(=O)(Nc1cscn1)c1cc(Cl)c(NC2CCNC2)cc1F. The fourth-order valence-corrected chi connectivity index (χ4v) is 4.23.